The van der Waals surface area contributed by atoms with Crippen molar-refractivity contribution in [2.75, 3.05) is 25.1 Å². The number of carboxylic acids is 1. The summed E-state index contributed by atoms with van der Waals surface area (Å²) in [7, 11) is 0. The third-order valence-electron chi connectivity index (χ3n) is 6.94. The number of anilines is 1. The Morgan fingerprint density at radius 2 is 1.87 bits per heavy atom. The van der Waals surface area contributed by atoms with Gasteiger partial charge in [0.15, 0.2) is 10.2 Å². The Hall–Kier alpha value is -5.25. The molecule has 0 spiro atoms. The Balaban J connectivity index is 1.37. The first kappa shape index (κ1) is 34.6. The number of ether oxygens (including phenoxy) is 2. The third kappa shape index (κ3) is 9.16. The molecule has 47 heavy (non-hydrogen) atoms. The number of nitro benzene ring substituents is 1. The zero-order valence-electron chi connectivity index (χ0n) is 25.3. The molecule has 4 N–H and O–H groups in total. The summed E-state index contributed by atoms with van der Waals surface area (Å²) in [5.41, 5.74) is 2.49. The van der Waals surface area contributed by atoms with E-state index in [1.165, 1.54) is 30.3 Å². The van der Waals surface area contributed by atoms with Crippen LogP contribution < -0.4 is 15.4 Å². The van der Waals surface area contributed by atoms with Crippen molar-refractivity contribution in [1.29, 1.82) is 0 Å². The molecule has 1 aliphatic rings. The van der Waals surface area contributed by atoms with Crippen molar-refractivity contribution in [3.8, 4) is 5.75 Å². The van der Waals surface area contributed by atoms with E-state index in [1.54, 1.807) is 67.4 Å². The number of β-amino-alcohol motifs (C(OH)–C–C–N with tert-alkyl or cyclic N) is 1. The minimum absolute atomic E-state index is 0.00352. The number of carbonyl (C=O) groups excluding carboxylic acids is 1. The molecule has 15 heteroatoms. The number of hydrogen-bond acceptors (Lipinski definition) is 9. The molecule has 2 atom stereocenters. The Morgan fingerprint density at radius 3 is 2.51 bits per heavy atom. The summed E-state index contributed by atoms with van der Waals surface area (Å²) >= 11 is 10.8. The van der Waals surface area contributed by atoms with Crippen molar-refractivity contribution in [1.82, 2.24) is 10.2 Å². The largest absolute Gasteiger partial charge is 0.491 e. The summed E-state index contributed by atoms with van der Waals surface area (Å²) in [6.45, 7) is 3.38. The van der Waals surface area contributed by atoms with E-state index in [0.29, 0.717) is 22.7 Å². The number of carbonyl (C=O) groups is 2. The Bertz CT molecular complexity index is 1730. The van der Waals surface area contributed by atoms with Gasteiger partial charge in [-0.2, -0.15) is 0 Å². The quantitative estimate of drug-likeness (QED) is 0.0688. The highest BCUT2D eigenvalue weighted by Crippen LogP contribution is 2.33. The number of nitrogens with zero attached hydrogens (tertiary/aromatic N) is 3. The van der Waals surface area contributed by atoms with Crippen LogP contribution in [0.1, 0.15) is 41.4 Å². The molecule has 3 aromatic carbocycles. The number of carboxylic acid groups (broad SMARTS) is 1. The number of thiocarbonyl (C=S) groups is 2. The van der Waals surface area contributed by atoms with Crippen LogP contribution >= 0.6 is 24.4 Å². The summed E-state index contributed by atoms with van der Waals surface area (Å²) in [4.78, 5) is 40.6. The number of allylic oxidation sites excluding steroid dienone is 1. The second-order valence-electron chi connectivity index (χ2n) is 10.2. The summed E-state index contributed by atoms with van der Waals surface area (Å²) in [5, 5.41) is 37.6. The lowest BCUT2D eigenvalue weighted by molar-refractivity contribution is -0.384. The number of esters is 1. The van der Waals surface area contributed by atoms with Gasteiger partial charge in [-0.05, 0) is 97.9 Å². The first-order chi connectivity index (χ1) is 22.5. The maximum absolute atomic E-state index is 13.0. The van der Waals surface area contributed by atoms with Gasteiger partial charge in [0.25, 0.3) is 5.69 Å². The number of rotatable bonds is 12. The lowest BCUT2D eigenvalue weighted by Gasteiger charge is -2.38. The molecule has 13 nitrogen and oxygen atoms in total. The number of aliphatic hydroxyl groups excluding tert-OH is 1. The van der Waals surface area contributed by atoms with Crippen molar-refractivity contribution in [2.24, 2.45) is 4.99 Å². The molecular formula is C32H31N5O8S2. The standard InChI is InChI=1S/C32H31N5O8S2/c1-3-44-30(41)27-19(2)36(32(47)35-28(27)22-5-4-6-24(15-22)37(42)43)17-25(38)18-45-26-13-7-20(8-14-26)16-33-31(46)34-23-11-9-21(10-12-23)29(39)40/h4-16,25,28,38H,3,17-18H2,1-2H3,(H,34,46)(H,35,47)(H,39,40)/b33-16+. The highest BCUT2D eigenvalue weighted by atomic mass is 32.1. The maximum atomic E-state index is 13.0. The average Bonchev–Trinajstić information content (AvgIpc) is 3.05. The van der Waals surface area contributed by atoms with Gasteiger partial charge < -0.3 is 35.2 Å². The smallest absolute Gasteiger partial charge is 0.338 e. The SMILES string of the molecule is CCOC(=O)C1=C(C)N(CC(O)COc2ccc(/C=N/C(=S)Nc3ccc(C(=O)O)cc3)cc2)C(=S)NC1c1cccc([N+](=O)[O-])c1. The number of benzene rings is 3. The van der Waals surface area contributed by atoms with Gasteiger partial charge in [0.2, 0.25) is 0 Å². The zero-order valence-corrected chi connectivity index (χ0v) is 26.9. The maximum Gasteiger partial charge on any atom is 0.338 e. The van der Waals surface area contributed by atoms with Gasteiger partial charge in [0.05, 0.1) is 35.3 Å². The Morgan fingerprint density at radius 1 is 1.17 bits per heavy atom. The number of aliphatic imine (C=N–C) groups is 1. The predicted molar refractivity (Wildman–Crippen MR) is 183 cm³/mol. The first-order valence-corrected chi connectivity index (χ1v) is 15.1. The summed E-state index contributed by atoms with van der Waals surface area (Å²) in [5.74, 6) is -1.14. The van der Waals surface area contributed by atoms with Gasteiger partial charge in [-0.1, -0.05) is 12.1 Å². The van der Waals surface area contributed by atoms with Crippen LogP contribution in [-0.2, 0) is 9.53 Å². The van der Waals surface area contributed by atoms with E-state index in [-0.39, 0.29) is 46.8 Å². The minimum atomic E-state index is -1.02. The van der Waals surface area contributed by atoms with E-state index in [1.807, 2.05) is 0 Å². The minimum Gasteiger partial charge on any atom is -0.491 e. The van der Waals surface area contributed by atoms with E-state index in [9.17, 15) is 24.8 Å². The summed E-state index contributed by atoms with van der Waals surface area (Å²) in [6, 6.07) is 18.2. The van der Waals surface area contributed by atoms with E-state index in [2.05, 4.69) is 15.6 Å². The molecule has 0 saturated heterocycles. The monoisotopic (exact) mass is 677 g/mol. The molecule has 4 rings (SSSR count). The molecule has 0 amide bonds. The van der Waals surface area contributed by atoms with Crippen LogP contribution in [0.25, 0.3) is 0 Å². The van der Waals surface area contributed by atoms with E-state index >= 15 is 0 Å². The molecule has 0 radical (unpaired) electrons. The molecule has 1 aliphatic heterocycles. The number of non-ortho nitro benzene ring substituents is 1. The highest BCUT2D eigenvalue weighted by molar-refractivity contribution is 7.80. The van der Waals surface area contributed by atoms with Gasteiger partial charge in [-0.15, -0.1) is 0 Å². The van der Waals surface area contributed by atoms with Crippen LogP contribution in [0, 0.1) is 10.1 Å². The zero-order chi connectivity index (χ0) is 34.1. The molecule has 244 valence electrons. The fourth-order valence-electron chi connectivity index (χ4n) is 4.63. The lowest BCUT2D eigenvalue weighted by atomic mass is 9.94. The van der Waals surface area contributed by atoms with Crippen LogP contribution in [0.15, 0.2) is 89.1 Å². The molecule has 0 bridgehead atoms. The van der Waals surface area contributed by atoms with Gasteiger partial charge in [0, 0.05) is 29.7 Å². The predicted octanol–water partition coefficient (Wildman–Crippen LogP) is 4.62. The molecule has 0 fully saturated rings. The number of hydrogen-bond donors (Lipinski definition) is 4. The molecule has 3 aromatic rings. The molecule has 0 aliphatic carbocycles. The fourth-order valence-corrected chi connectivity index (χ4v) is 5.13. The number of nitro groups is 1. The second-order valence-corrected chi connectivity index (χ2v) is 10.9. The molecule has 2 unspecified atom stereocenters. The average molecular weight is 678 g/mol. The summed E-state index contributed by atoms with van der Waals surface area (Å²) in [6.07, 6.45) is 0.540. The Labute approximate surface area is 280 Å². The van der Waals surface area contributed by atoms with Crippen molar-refractivity contribution in [2.45, 2.75) is 26.0 Å². The second kappa shape index (κ2) is 15.8. The molecular weight excluding hydrogens is 647 g/mol. The van der Waals surface area contributed by atoms with Gasteiger partial charge >= 0.3 is 11.9 Å². The third-order valence-corrected chi connectivity index (χ3v) is 7.48. The summed E-state index contributed by atoms with van der Waals surface area (Å²) < 4.78 is 11.1. The van der Waals surface area contributed by atoms with Crippen molar-refractivity contribution in [3.05, 3.63) is 111 Å². The van der Waals surface area contributed by atoms with Crippen molar-refractivity contribution < 1.29 is 34.2 Å². The van der Waals surface area contributed by atoms with Gasteiger partial charge in [-0.3, -0.25) is 10.1 Å². The number of aromatic carboxylic acids is 1. The molecule has 1 heterocycles. The molecule has 0 saturated carbocycles. The van der Waals surface area contributed by atoms with Crippen LogP contribution in [0.2, 0.25) is 0 Å². The van der Waals surface area contributed by atoms with Crippen LogP contribution in [0.4, 0.5) is 11.4 Å². The van der Waals surface area contributed by atoms with Crippen LogP contribution in [-0.4, -0.2) is 74.3 Å². The van der Waals surface area contributed by atoms with Gasteiger partial charge in [-0.25, -0.2) is 14.6 Å². The number of aliphatic hydroxyl groups is 1. The van der Waals surface area contributed by atoms with Crippen LogP contribution in [0.5, 0.6) is 5.75 Å². The Kier molecular flexibility index (Phi) is 11.7. The van der Waals surface area contributed by atoms with E-state index in [0.717, 1.165) is 5.56 Å². The van der Waals surface area contributed by atoms with E-state index in [4.69, 9.17) is 39.0 Å². The van der Waals surface area contributed by atoms with E-state index < -0.39 is 29.0 Å². The highest BCUT2D eigenvalue weighted by Gasteiger charge is 2.36. The fraction of sp³-hybridized carbons (Fsp3) is 0.219. The van der Waals surface area contributed by atoms with Gasteiger partial charge in [0.1, 0.15) is 18.5 Å². The van der Waals surface area contributed by atoms with Crippen molar-refractivity contribution in [3.63, 3.8) is 0 Å². The van der Waals surface area contributed by atoms with Crippen molar-refractivity contribution >= 4 is 64.2 Å². The number of nitrogens with one attached hydrogen (secondary N) is 2. The molecule has 0 aromatic heterocycles. The first-order valence-electron chi connectivity index (χ1n) is 14.3. The topological polar surface area (TPSA) is 176 Å². The normalized spacial score (nSPS) is 15.2. The lowest BCUT2D eigenvalue weighted by Crippen LogP contribution is -2.50. The van der Waals surface area contributed by atoms with Crippen LogP contribution in [0.3, 0.4) is 0 Å².